The van der Waals surface area contributed by atoms with E-state index in [2.05, 4.69) is 4.98 Å². The minimum Gasteiger partial charge on any atom is -0.490 e. The Kier molecular flexibility index (Phi) is 5.90. The van der Waals surface area contributed by atoms with E-state index in [0.29, 0.717) is 35.1 Å². The van der Waals surface area contributed by atoms with Crippen molar-refractivity contribution >= 4 is 10.9 Å². The van der Waals surface area contributed by atoms with Crippen molar-refractivity contribution in [1.29, 1.82) is 0 Å². The molecule has 3 nitrogen and oxygen atoms in total. The van der Waals surface area contributed by atoms with Crippen LogP contribution in [0.4, 0.5) is 17.6 Å². The Morgan fingerprint density at radius 3 is 2.40 bits per heavy atom. The minimum absolute atomic E-state index is 0.203. The molecule has 0 spiro atoms. The van der Waals surface area contributed by atoms with Gasteiger partial charge in [0.2, 0.25) is 0 Å². The van der Waals surface area contributed by atoms with Gasteiger partial charge in [-0.3, -0.25) is 9.88 Å². The maximum Gasteiger partial charge on any atom is 0.408 e. The van der Waals surface area contributed by atoms with Crippen LogP contribution >= 0.6 is 0 Å². The van der Waals surface area contributed by atoms with Gasteiger partial charge < -0.3 is 4.74 Å². The summed E-state index contributed by atoms with van der Waals surface area (Å²) in [5, 5.41) is 0.715. The fraction of sp³-hybridized carbons (Fsp3) is 0.348. The molecule has 1 aliphatic rings. The molecule has 7 heteroatoms. The monoisotopic (exact) mass is 418 g/mol. The third-order valence-electron chi connectivity index (χ3n) is 5.52. The largest absolute Gasteiger partial charge is 0.490 e. The summed E-state index contributed by atoms with van der Waals surface area (Å²) in [4.78, 5) is 5.72. The van der Waals surface area contributed by atoms with Gasteiger partial charge in [-0.15, -0.1) is 0 Å². The molecule has 1 unspecified atom stereocenters. The maximum atomic E-state index is 13.8. The molecule has 3 aromatic rings. The molecule has 0 amide bonds. The molecule has 158 valence electrons. The highest BCUT2D eigenvalue weighted by Gasteiger charge is 2.45. The Morgan fingerprint density at radius 2 is 1.73 bits per heavy atom. The minimum atomic E-state index is -4.35. The van der Waals surface area contributed by atoms with Crippen LogP contribution in [0.15, 0.2) is 60.8 Å². The van der Waals surface area contributed by atoms with Gasteiger partial charge in [0.15, 0.2) is 0 Å². The molecule has 0 N–H and O–H groups in total. The lowest BCUT2D eigenvalue weighted by Crippen LogP contribution is -2.45. The summed E-state index contributed by atoms with van der Waals surface area (Å²) in [5.41, 5.74) is 1.29. The smallest absolute Gasteiger partial charge is 0.408 e. The molecule has 1 atom stereocenters. The predicted molar refractivity (Wildman–Crippen MR) is 107 cm³/mol. The normalized spacial score (nSPS) is 17.2. The van der Waals surface area contributed by atoms with Crippen molar-refractivity contribution < 1.29 is 22.3 Å². The number of fused-ring (bicyclic) bond motifs is 1. The number of piperidine rings is 1. The molecule has 0 aliphatic carbocycles. The Bertz CT molecular complexity index is 985. The molecule has 0 bridgehead atoms. The maximum absolute atomic E-state index is 13.8. The molecule has 1 aliphatic heterocycles. The molecule has 1 fully saturated rings. The van der Waals surface area contributed by atoms with Crippen molar-refractivity contribution in [2.45, 2.75) is 37.8 Å². The summed E-state index contributed by atoms with van der Waals surface area (Å²) in [6.45, 7) is -0.0601. The van der Waals surface area contributed by atoms with E-state index in [1.807, 2.05) is 6.07 Å². The fourth-order valence-electron chi connectivity index (χ4n) is 4.10. The lowest BCUT2D eigenvalue weighted by Gasteiger charge is -2.38. The zero-order valence-corrected chi connectivity index (χ0v) is 16.3. The summed E-state index contributed by atoms with van der Waals surface area (Å²) < 4.78 is 60.6. The highest BCUT2D eigenvalue weighted by molar-refractivity contribution is 5.87. The number of alkyl halides is 4. The topological polar surface area (TPSA) is 25.4 Å². The summed E-state index contributed by atoms with van der Waals surface area (Å²) in [6.07, 6.45) is -2.02. The fourth-order valence-corrected chi connectivity index (χ4v) is 4.10. The van der Waals surface area contributed by atoms with Crippen LogP contribution in [-0.2, 0) is 6.67 Å². The lowest BCUT2D eigenvalue weighted by atomic mass is 10.00. The number of para-hydroxylation sites is 1. The number of likely N-dealkylation sites (tertiary alicyclic amines) is 1. The van der Waals surface area contributed by atoms with Crippen molar-refractivity contribution in [2.75, 3.05) is 13.1 Å². The first-order valence-corrected chi connectivity index (χ1v) is 9.92. The third-order valence-corrected chi connectivity index (χ3v) is 5.52. The summed E-state index contributed by atoms with van der Waals surface area (Å²) in [7, 11) is 0. The number of ether oxygens (including phenoxy) is 1. The quantitative estimate of drug-likeness (QED) is 0.486. The van der Waals surface area contributed by atoms with E-state index < -0.39 is 18.9 Å². The van der Waals surface area contributed by atoms with Crippen LogP contribution in [0.3, 0.4) is 0 Å². The third kappa shape index (κ3) is 4.26. The van der Waals surface area contributed by atoms with Crippen LogP contribution in [0.5, 0.6) is 5.75 Å². The lowest BCUT2D eigenvalue weighted by molar-refractivity contribution is -0.190. The van der Waals surface area contributed by atoms with E-state index in [0.717, 1.165) is 0 Å². The van der Waals surface area contributed by atoms with Gasteiger partial charge in [0, 0.05) is 30.2 Å². The molecular formula is C23H22F4N2O. The first-order valence-electron chi connectivity index (χ1n) is 9.92. The average Bonchev–Trinajstić information content (AvgIpc) is 2.75. The van der Waals surface area contributed by atoms with E-state index in [-0.39, 0.29) is 24.8 Å². The number of aromatic nitrogens is 1. The van der Waals surface area contributed by atoms with Gasteiger partial charge in [0.1, 0.15) is 24.6 Å². The summed E-state index contributed by atoms with van der Waals surface area (Å²) in [6, 6.07) is 13.4. The van der Waals surface area contributed by atoms with Gasteiger partial charge in [0.05, 0.1) is 5.52 Å². The van der Waals surface area contributed by atoms with E-state index in [1.54, 1.807) is 42.6 Å². The second-order valence-electron chi connectivity index (χ2n) is 7.46. The van der Waals surface area contributed by atoms with Crippen molar-refractivity contribution in [3.63, 3.8) is 0 Å². The first-order chi connectivity index (χ1) is 14.5. The number of pyridine rings is 1. The van der Waals surface area contributed by atoms with Crippen molar-refractivity contribution in [2.24, 2.45) is 0 Å². The van der Waals surface area contributed by atoms with Gasteiger partial charge in [-0.05, 0) is 30.5 Å². The van der Waals surface area contributed by atoms with Gasteiger partial charge in [-0.25, -0.2) is 4.39 Å². The van der Waals surface area contributed by atoms with E-state index in [1.165, 1.54) is 17.0 Å². The first kappa shape index (κ1) is 20.6. The summed E-state index contributed by atoms with van der Waals surface area (Å²) >= 11 is 0. The summed E-state index contributed by atoms with van der Waals surface area (Å²) in [5.74, 6) is 0.587. The Balaban J connectivity index is 1.48. The van der Waals surface area contributed by atoms with E-state index >= 15 is 0 Å². The number of hydrogen-bond donors (Lipinski definition) is 0. The predicted octanol–water partition coefficient (Wildman–Crippen LogP) is 5.85. The second-order valence-corrected chi connectivity index (χ2v) is 7.46. The number of rotatable bonds is 5. The molecule has 30 heavy (non-hydrogen) atoms. The molecule has 2 heterocycles. The van der Waals surface area contributed by atoms with E-state index in [4.69, 9.17) is 4.74 Å². The van der Waals surface area contributed by atoms with Crippen LogP contribution in [0.25, 0.3) is 10.9 Å². The Hall–Kier alpha value is -2.67. The number of hydrogen-bond acceptors (Lipinski definition) is 3. The van der Waals surface area contributed by atoms with Gasteiger partial charge in [0.25, 0.3) is 0 Å². The molecule has 4 rings (SSSR count). The molecular weight excluding hydrogens is 396 g/mol. The van der Waals surface area contributed by atoms with Crippen LogP contribution < -0.4 is 4.74 Å². The second kappa shape index (κ2) is 8.60. The average molecular weight is 418 g/mol. The zero-order chi connectivity index (χ0) is 21.1. The van der Waals surface area contributed by atoms with Crippen molar-refractivity contribution in [1.82, 2.24) is 9.88 Å². The number of nitrogens with zero attached hydrogens (tertiary/aromatic N) is 2. The van der Waals surface area contributed by atoms with Gasteiger partial charge >= 0.3 is 6.18 Å². The van der Waals surface area contributed by atoms with Crippen LogP contribution in [-0.4, -0.2) is 35.3 Å². The van der Waals surface area contributed by atoms with Crippen LogP contribution in [0.1, 0.15) is 30.0 Å². The number of halogens is 4. The highest BCUT2D eigenvalue weighted by Crippen LogP contribution is 2.39. The van der Waals surface area contributed by atoms with E-state index in [9.17, 15) is 17.6 Å². The standard InChI is InChI=1S/C23H22F4N2O/c24-15-17-7-4-8-19-20(9-12-28-21(17)19)30-18-10-13-29(14-11-18)22(23(25,26)27)16-5-2-1-3-6-16/h1-9,12,18,22H,10-11,13-15H2. The molecule has 1 saturated heterocycles. The van der Waals surface area contributed by atoms with Gasteiger partial charge in [-0.1, -0.05) is 42.5 Å². The molecule has 0 radical (unpaired) electrons. The Labute approximate surface area is 172 Å². The van der Waals surface area contributed by atoms with Gasteiger partial charge in [-0.2, -0.15) is 13.2 Å². The van der Waals surface area contributed by atoms with Crippen LogP contribution in [0.2, 0.25) is 0 Å². The van der Waals surface area contributed by atoms with Crippen molar-refractivity contribution in [3.8, 4) is 5.75 Å². The highest BCUT2D eigenvalue weighted by atomic mass is 19.4. The van der Waals surface area contributed by atoms with Crippen LogP contribution in [0, 0.1) is 0 Å². The number of benzene rings is 2. The molecule has 0 saturated carbocycles. The zero-order valence-electron chi connectivity index (χ0n) is 16.3. The molecule has 1 aromatic heterocycles. The SMILES string of the molecule is FCc1cccc2c(OC3CCN(C(c4ccccc4)C(F)(F)F)CC3)ccnc12. The van der Waals surface area contributed by atoms with Crippen molar-refractivity contribution in [3.05, 3.63) is 71.9 Å². The molecule has 2 aromatic carbocycles. The Morgan fingerprint density at radius 1 is 1.00 bits per heavy atom.